The maximum Gasteiger partial charge on any atom is 0.115 e. The van der Waals surface area contributed by atoms with Gasteiger partial charge in [0.05, 0.1) is 0 Å². The molecule has 0 fully saturated rings. The molecule has 18 heavy (non-hydrogen) atoms. The van der Waals surface area contributed by atoms with E-state index < -0.39 is 0 Å². The van der Waals surface area contributed by atoms with E-state index in [4.69, 9.17) is 0 Å². The Balaban J connectivity index is 2.20. The van der Waals surface area contributed by atoms with Crippen LogP contribution in [0.2, 0.25) is 0 Å². The summed E-state index contributed by atoms with van der Waals surface area (Å²) in [6.07, 6.45) is 5.34. The number of pyridine rings is 1. The fraction of sp³-hybridized carbons (Fsp3) is 0.133. The number of aromatic nitrogens is 3. The Morgan fingerprint density at radius 3 is 2.61 bits per heavy atom. The second-order valence-corrected chi connectivity index (χ2v) is 4.41. The van der Waals surface area contributed by atoms with Crippen molar-refractivity contribution in [3.63, 3.8) is 0 Å². The molecular formula is C15H13N3. The lowest BCUT2D eigenvalue weighted by Gasteiger charge is -2.06. The predicted octanol–water partition coefficient (Wildman–Crippen LogP) is 3.31. The largest absolute Gasteiger partial charge is 0.261 e. The highest BCUT2D eigenvalue weighted by atomic mass is 14.8. The van der Waals surface area contributed by atoms with E-state index in [9.17, 15) is 0 Å². The third-order valence-corrected chi connectivity index (χ3v) is 3.08. The van der Waals surface area contributed by atoms with Gasteiger partial charge in [-0.25, -0.2) is 9.97 Å². The zero-order valence-electron chi connectivity index (χ0n) is 10.4. The fourth-order valence-corrected chi connectivity index (χ4v) is 2.09. The summed E-state index contributed by atoms with van der Waals surface area (Å²) >= 11 is 0. The van der Waals surface area contributed by atoms with E-state index in [-0.39, 0.29) is 0 Å². The van der Waals surface area contributed by atoms with Crippen molar-refractivity contribution in [1.82, 2.24) is 15.0 Å². The van der Waals surface area contributed by atoms with Crippen molar-refractivity contribution < 1.29 is 0 Å². The van der Waals surface area contributed by atoms with Crippen LogP contribution in [0.15, 0.2) is 43.0 Å². The standard InChI is InChI=1S/C15H13N3/c1-10-5-12-3-4-13(6-14(12)7-17-10)15-8-16-9-18-11(15)2/h3-9H,1-2H3. The van der Waals surface area contributed by atoms with E-state index in [0.29, 0.717) is 0 Å². The lowest BCUT2D eigenvalue weighted by Crippen LogP contribution is -1.89. The van der Waals surface area contributed by atoms with E-state index >= 15 is 0 Å². The predicted molar refractivity (Wildman–Crippen MR) is 72.2 cm³/mol. The van der Waals surface area contributed by atoms with Crippen molar-refractivity contribution in [2.24, 2.45) is 0 Å². The summed E-state index contributed by atoms with van der Waals surface area (Å²) < 4.78 is 0. The van der Waals surface area contributed by atoms with Crippen LogP contribution in [0.5, 0.6) is 0 Å². The van der Waals surface area contributed by atoms with Crippen molar-refractivity contribution in [2.45, 2.75) is 13.8 Å². The Hall–Kier alpha value is -2.29. The monoisotopic (exact) mass is 235 g/mol. The van der Waals surface area contributed by atoms with E-state index in [1.165, 1.54) is 5.39 Å². The maximum absolute atomic E-state index is 4.33. The van der Waals surface area contributed by atoms with Gasteiger partial charge in [-0.1, -0.05) is 12.1 Å². The lowest BCUT2D eigenvalue weighted by molar-refractivity contribution is 1.11. The van der Waals surface area contributed by atoms with Crippen LogP contribution in [-0.2, 0) is 0 Å². The van der Waals surface area contributed by atoms with Crippen molar-refractivity contribution in [2.75, 3.05) is 0 Å². The summed E-state index contributed by atoms with van der Waals surface area (Å²) in [6.45, 7) is 4.00. The zero-order valence-corrected chi connectivity index (χ0v) is 10.4. The lowest BCUT2D eigenvalue weighted by atomic mass is 10.0. The van der Waals surface area contributed by atoms with Crippen LogP contribution >= 0.6 is 0 Å². The van der Waals surface area contributed by atoms with Gasteiger partial charge >= 0.3 is 0 Å². The van der Waals surface area contributed by atoms with E-state index in [2.05, 4.69) is 39.2 Å². The molecule has 2 aromatic heterocycles. The van der Waals surface area contributed by atoms with Crippen LogP contribution in [0.4, 0.5) is 0 Å². The molecule has 1 aromatic carbocycles. The van der Waals surface area contributed by atoms with Gasteiger partial charge in [0.15, 0.2) is 0 Å². The molecule has 0 saturated heterocycles. The first-order valence-corrected chi connectivity index (χ1v) is 5.87. The molecule has 88 valence electrons. The summed E-state index contributed by atoms with van der Waals surface area (Å²) in [7, 11) is 0. The second-order valence-electron chi connectivity index (χ2n) is 4.41. The Bertz CT molecular complexity index is 720. The molecule has 0 radical (unpaired) electrons. The molecule has 3 rings (SSSR count). The third kappa shape index (κ3) is 1.84. The maximum atomic E-state index is 4.33. The minimum atomic E-state index is 0.990. The molecule has 0 aliphatic carbocycles. The number of rotatable bonds is 1. The molecule has 3 heteroatoms. The fourth-order valence-electron chi connectivity index (χ4n) is 2.09. The van der Waals surface area contributed by atoms with Crippen LogP contribution in [-0.4, -0.2) is 15.0 Å². The molecule has 0 saturated carbocycles. The van der Waals surface area contributed by atoms with Crippen LogP contribution in [0.1, 0.15) is 11.4 Å². The Labute approximate surface area is 106 Å². The number of nitrogens with zero attached hydrogens (tertiary/aromatic N) is 3. The molecule has 0 spiro atoms. The molecular weight excluding hydrogens is 222 g/mol. The van der Waals surface area contributed by atoms with Crippen LogP contribution in [0.25, 0.3) is 21.9 Å². The van der Waals surface area contributed by atoms with E-state index in [1.54, 1.807) is 6.33 Å². The summed E-state index contributed by atoms with van der Waals surface area (Å²) in [4.78, 5) is 12.6. The number of aryl methyl sites for hydroxylation is 2. The molecule has 0 unspecified atom stereocenters. The van der Waals surface area contributed by atoms with Crippen molar-refractivity contribution in [3.8, 4) is 11.1 Å². The quantitative estimate of drug-likeness (QED) is 0.649. The SMILES string of the molecule is Cc1cc2ccc(-c3cncnc3C)cc2cn1. The van der Waals surface area contributed by atoms with Crippen LogP contribution < -0.4 is 0 Å². The van der Waals surface area contributed by atoms with E-state index in [1.807, 2.05) is 26.2 Å². The molecule has 0 N–H and O–H groups in total. The summed E-state index contributed by atoms with van der Waals surface area (Å²) in [5.41, 5.74) is 4.23. The van der Waals surface area contributed by atoms with Gasteiger partial charge in [0.25, 0.3) is 0 Å². The minimum absolute atomic E-state index is 0.990. The first-order chi connectivity index (χ1) is 8.74. The number of fused-ring (bicyclic) bond motifs is 1. The Morgan fingerprint density at radius 2 is 1.78 bits per heavy atom. The van der Waals surface area contributed by atoms with Gasteiger partial charge < -0.3 is 0 Å². The molecule has 0 atom stereocenters. The van der Waals surface area contributed by atoms with E-state index in [0.717, 1.165) is 27.9 Å². The van der Waals surface area contributed by atoms with Gasteiger partial charge in [-0.2, -0.15) is 0 Å². The molecule has 0 aliphatic heterocycles. The van der Waals surface area contributed by atoms with Crippen molar-refractivity contribution in [3.05, 3.63) is 54.4 Å². The van der Waals surface area contributed by atoms with Crippen molar-refractivity contribution >= 4 is 10.8 Å². The van der Waals surface area contributed by atoms with Gasteiger partial charge in [-0.15, -0.1) is 0 Å². The topological polar surface area (TPSA) is 38.7 Å². The van der Waals surface area contributed by atoms with Crippen LogP contribution in [0, 0.1) is 13.8 Å². The number of benzene rings is 1. The highest BCUT2D eigenvalue weighted by Gasteiger charge is 2.04. The van der Waals surface area contributed by atoms with Gasteiger partial charge in [-0.3, -0.25) is 4.98 Å². The van der Waals surface area contributed by atoms with Crippen molar-refractivity contribution in [1.29, 1.82) is 0 Å². The van der Waals surface area contributed by atoms with Gasteiger partial charge in [0.1, 0.15) is 6.33 Å². The smallest absolute Gasteiger partial charge is 0.115 e. The highest BCUT2D eigenvalue weighted by Crippen LogP contribution is 2.25. The zero-order chi connectivity index (χ0) is 12.5. The molecule has 3 aromatic rings. The third-order valence-electron chi connectivity index (χ3n) is 3.08. The van der Waals surface area contributed by atoms with Gasteiger partial charge in [0.2, 0.25) is 0 Å². The average Bonchev–Trinajstić information content (AvgIpc) is 2.39. The van der Waals surface area contributed by atoms with Crippen LogP contribution in [0.3, 0.4) is 0 Å². The normalized spacial score (nSPS) is 10.8. The Morgan fingerprint density at radius 1 is 0.889 bits per heavy atom. The first-order valence-electron chi connectivity index (χ1n) is 5.87. The van der Waals surface area contributed by atoms with Gasteiger partial charge in [-0.05, 0) is 36.9 Å². The first kappa shape index (κ1) is 10.8. The molecule has 3 nitrogen and oxygen atoms in total. The second kappa shape index (κ2) is 4.18. The number of hydrogen-bond acceptors (Lipinski definition) is 3. The molecule has 0 amide bonds. The summed E-state index contributed by atoms with van der Waals surface area (Å²) in [5.74, 6) is 0. The number of hydrogen-bond donors (Lipinski definition) is 0. The molecule has 2 heterocycles. The highest BCUT2D eigenvalue weighted by molar-refractivity contribution is 5.87. The summed E-state index contributed by atoms with van der Waals surface area (Å²) in [5, 5.41) is 2.35. The summed E-state index contributed by atoms with van der Waals surface area (Å²) in [6, 6.07) is 8.44. The molecule has 0 bridgehead atoms. The molecule has 0 aliphatic rings. The average molecular weight is 235 g/mol. The van der Waals surface area contributed by atoms with Gasteiger partial charge in [0, 0.05) is 34.7 Å². The Kier molecular flexibility index (Phi) is 2.52. The minimum Gasteiger partial charge on any atom is -0.261 e.